The summed E-state index contributed by atoms with van der Waals surface area (Å²) >= 11 is 0. The summed E-state index contributed by atoms with van der Waals surface area (Å²) in [6, 6.07) is -0.00578. The van der Waals surface area contributed by atoms with E-state index in [1.807, 2.05) is 4.90 Å². The van der Waals surface area contributed by atoms with Gasteiger partial charge in [-0.05, 0) is 38.5 Å². The van der Waals surface area contributed by atoms with E-state index in [-0.39, 0.29) is 23.7 Å². The minimum Gasteiger partial charge on any atom is -0.373 e. The molecule has 4 heteroatoms. The molecule has 2 fully saturated rings. The Hall–Kier alpha value is -0.610. The van der Waals surface area contributed by atoms with E-state index in [0.717, 1.165) is 38.8 Å². The molecule has 2 rings (SSSR count). The normalized spacial score (nSPS) is 35.6. The van der Waals surface area contributed by atoms with Crippen LogP contribution >= 0.6 is 0 Å². The third kappa shape index (κ3) is 3.29. The summed E-state index contributed by atoms with van der Waals surface area (Å²) in [7, 11) is 0. The third-order valence-electron chi connectivity index (χ3n) is 4.26. The van der Waals surface area contributed by atoms with Crippen molar-refractivity contribution in [1.29, 1.82) is 0 Å². The number of carbonyl (C=O) groups excluding carboxylic acids is 1. The van der Waals surface area contributed by atoms with Crippen molar-refractivity contribution in [3.8, 4) is 0 Å². The SMILES string of the molecule is CCC1NC(CC(C)C)N(CC2(C)CCCO2)C1=O. The molecule has 110 valence electrons. The second kappa shape index (κ2) is 5.80. The van der Waals surface area contributed by atoms with E-state index in [9.17, 15) is 4.79 Å². The van der Waals surface area contributed by atoms with Crippen molar-refractivity contribution in [3.05, 3.63) is 0 Å². The van der Waals surface area contributed by atoms with Crippen LogP contribution in [-0.4, -0.2) is 41.8 Å². The van der Waals surface area contributed by atoms with Crippen LogP contribution in [0.4, 0.5) is 0 Å². The predicted molar refractivity (Wildman–Crippen MR) is 75.8 cm³/mol. The molecule has 19 heavy (non-hydrogen) atoms. The Kier molecular flexibility index (Phi) is 4.51. The summed E-state index contributed by atoms with van der Waals surface area (Å²) in [6.07, 6.45) is 4.22. The van der Waals surface area contributed by atoms with Crippen LogP contribution in [0.15, 0.2) is 0 Å². The Labute approximate surface area is 116 Å². The van der Waals surface area contributed by atoms with Crippen molar-refractivity contribution in [2.45, 2.75) is 71.2 Å². The lowest BCUT2D eigenvalue weighted by atomic mass is 10.0. The average molecular weight is 268 g/mol. The van der Waals surface area contributed by atoms with Gasteiger partial charge in [-0.15, -0.1) is 0 Å². The molecule has 0 aromatic rings. The molecule has 2 saturated heterocycles. The van der Waals surface area contributed by atoms with Gasteiger partial charge in [0.2, 0.25) is 5.91 Å². The zero-order valence-electron chi connectivity index (χ0n) is 12.7. The summed E-state index contributed by atoms with van der Waals surface area (Å²) in [6.45, 7) is 10.2. The maximum Gasteiger partial charge on any atom is 0.241 e. The minimum atomic E-state index is -0.144. The maximum atomic E-state index is 12.5. The molecule has 0 radical (unpaired) electrons. The summed E-state index contributed by atoms with van der Waals surface area (Å²) in [5.41, 5.74) is -0.144. The third-order valence-corrected chi connectivity index (χ3v) is 4.26. The molecule has 4 nitrogen and oxygen atoms in total. The zero-order chi connectivity index (χ0) is 14.0. The zero-order valence-corrected chi connectivity index (χ0v) is 12.7. The van der Waals surface area contributed by atoms with Gasteiger partial charge in [-0.3, -0.25) is 10.1 Å². The van der Waals surface area contributed by atoms with Gasteiger partial charge in [0, 0.05) is 6.61 Å². The Morgan fingerprint density at radius 2 is 2.26 bits per heavy atom. The molecule has 1 amide bonds. The fourth-order valence-corrected chi connectivity index (χ4v) is 3.19. The molecule has 3 unspecified atom stereocenters. The monoisotopic (exact) mass is 268 g/mol. The Balaban J connectivity index is 2.07. The molecule has 0 aromatic heterocycles. The lowest BCUT2D eigenvalue weighted by molar-refractivity contribution is -0.134. The number of ether oxygens (including phenoxy) is 1. The highest BCUT2D eigenvalue weighted by atomic mass is 16.5. The lowest BCUT2D eigenvalue weighted by Gasteiger charge is -2.33. The van der Waals surface area contributed by atoms with Crippen LogP contribution in [0.1, 0.15) is 53.4 Å². The summed E-state index contributed by atoms with van der Waals surface area (Å²) in [5, 5.41) is 3.48. The number of rotatable bonds is 5. The van der Waals surface area contributed by atoms with E-state index >= 15 is 0 Å². The number of hydrogen-bond donors (Lipinski definition) is 1. The van der Waals surface area contributed by atoms with Crippen LogP contribution in [-0.2, 0) is 9.53 Å². The fourth-order valence-electron chi connectivity index (χ4n) is 3.19. The van der Waals surface area contributed by atoms with Crippen molar-refractivity contribution >= 4 is 5.91 Å². The van der Waals surface area contributed by atoms with E-state index in [1.165, 1.54) is 0 Å². The first-order valence-corrected chi connectivity index (χ1v) is 7.65. The first-order chi connectivity index (χ1) is 8.95. The van der Waals surface area contributed by atoms with Crippen molar-refractivity contribution < 1.29 is 9.53 Å². The van der Waals surface area contributed by atoms with Gasteiger partial charge in [0.1, 0.15) is 0 Å². The summed E-state index contributed by atoms with van der Waals surface area (Å²) in [5.74, 6) is 0.839. The van der Waals surface area contributed by atoms with Crippen LogP contribution in [0.2, 0.25) is 0 Å². The van der Waals surface area contributed by atoms with Crippen molar-refractivity contribution in [2.24, 2.45) is 5.92 Å². The van der Waals surface area contributed by atoms with Gasteiger partial charge in [0.25, 0.3) is 0 Å². The van der Waals surface area contributed by atoms with Gasteiger partial charge in [-0.25, -0.2) is 0 Å². The molecule has 0 spiro atoms. The van der Waals surface area contributed by atoms with Gasteiger partial charge in [0.15, 0.2) is 0 Å². The molecular weight excluding hydrogens is 240 g/mol. The highest BCUT2D eigenvalue weighted by Crippen LogP contribution is 2.29. The van der Waals surface area contributed by atoms with E-state index in [0.29, 0.717) is 5.92 Å². The Morgan fingerprint density at radius 1 is 1.53 bits per heavy atom. The number of nitrogens with zero attached hydrogens (tertiary/aromatic N) is 1. The molecule has 0 aromatic carbocycles. The minimum absolute atomic E-state index is 0.00578. The molecule has 0 saturated carbocycles. The second-order valence-corrected chi connectivity index (χ2v) is 6.64. The maximum absolute atomic E-state index is 12.5. The van der Waals surface area contributed by atoms with Crippen LogP contribution < -0.4 is 5.32 Å². The summed E-state index contributed by atoms with van der Waals surface area (Å²) in [4.78, 5) is 14.5. The number of amides is 1. The number of hydrogen-bond acceptors (Lipinski definition) is 3. The van der Waals surface area contributed by atoms with Crippen LogP contribution in [0.25, 0.3) is 0 Å². The van der Waals surface area contributed by atoms with Crippen LogP contribution in [0.5, 0.6) is 0 Å². The largest absolute Gasteiger partial charge is 0.373 e. The van der Waals surface area contributed by atoms with Gasteiger partial charge in [0.05, 0.1) is 24.4 Å². The topological polar surface area (TPSA) is 41.6 Å². The van der Waals surface area contributed by atoms with Gasteiger partial charge >= 0.3 is 0 Å². The van der Waals surface area contributed by atoms with Crippen LogP contribution in [0, 0.1) is 5.92 Å². The van der Waals surface area contributed by atoms with Crippen molar-refractivity contribution in [1.82, 2.24) is 10.2 Å². The highest BCUT2D eigenvalue weighted by molar-refractivity contribution is 5.84. The molecule has 0 bridgehead atoms. The Morgan fingerprint density at radius 3 is 2.79 bits per heavy atom. The smallest absolute Gasteiger partial charge is 0.241 e. The quantitative estimate of drug-likeness (QED) is 0.830. The molecule has 3 atom stereocenters. The average Bonchev–Trinajstić information content (AvgIpc) is 2.88. The van der Waals surface area contributed by atoms with Gasteiger partial charge in [-0.1, -0.05) is 20.8 Å². The second-order valence-electron chi connectivity index (χ2n) is 6.64. The van der Waals surface area contributed by atoms with E-state index in [2.05, 4.69) is 33.0 Å². The van der Waals surface area contributed by atoms with Gasteiger partial charge in [-0.2, -0.15) is 0 Å². The van der Waals surface area contributed by atoms with E-state index in [4.69, 9.17) is 4.74 Å². The predicted octanol–water partition coefficient (Wildman–Crippen LogP) is 2.14. The standard InChI is InChI=1S/C15H28N2O2/c1-5-12-14(18)17(13(16-12)9-11(2)3)10-15(4)7-6-8-19-15/h11-13,16H,5-10H2,1-4H3. The Bertz CT molecular complexity index is 324. The van der Waals surface area contributed by atoms with Crippen LogP contribution in [0.3, 0.4) is 0 Å². The first kappa shape index (κ1) is 14.8. The lowest BCUT2D eigenvalue weighted by Crippen LogP contribution is -2.47. The molecule has 2 aliphatic rings. The molecule has 2 heterocycles. The number of carbonyl (C=O) groups is 1. The first-order valence-electron chi connectivity index (χ1n) is 7.65. The molecule has 0 aliphatic carbocycles. The molecule has 1 N–H and O–H groups in total. The molecular formula is C15H28N2O2. The van der Waals surface area contributed by atoms with Gasteiger partial charge < -0.3 is 9.64 Å². The summed E-state index contributed by atoms with van der Waals surface area (Å²) < 4.78 is 5.85. The van der Waals surface area contributed by atoms with E-state index in [1.54, 1.807) is 0 Å². The van der Waals surface area contributed by atoms with Crippen molar-refractivity contribution in [2.75, 3.05) is 13.2 Å². The van der Waals surface area contributed by atoms with Crippen molar-refractivity contribution in [3.63, 3.8) is 0 Å². The fraction of sp³-hybridized carbons (Fsp3) is 0.933. The van der Waals surface area contributed by atoms with E-state index < -0.39 is 0 Å². The molecule has 2 aliphatic heterocycles. The number of nitrogens with one attached hydrogen (secondary N) is 1. The highest BCUT2D eigenvalue weighted by Gasteiger charge is 2.42.